The van der Waals surface area contributed by atoms with E-state index in [2.05, 4.69) is 5.32 Å². The largest absolute Gasteiger partial charge is 0.497 e. The van der Waals surface area contributed by atoms with E-state index in [1.54, 1.807) is 14.0 Å². The van der Waals surface area contributed by atoms with Crippen LogP contribution in [0.5, 0.6) is 5.75 Å². The number of rotatable bonds is 9. The number of aryl methyl sites for hydroxylation is 1. The lowest BCUT2D eigenvalue weighted by Crippen LogP contribution is -2.25. The molecule has 1 amide bonds. The van der Waals surface area contributed by atoms with Crippen molar-refractivity contribution >= 4 is 11.9 Å². The van der Waals surface area contributed by atoms with Crippen molar-refractivity contribution in [3.8, 4) is 5.75 Å². The van der Waals surface area contributed by atoms with Crippen molar-refractivity contribution in [2.75, 3.05) is 13.7 Å². The van der Waals surface area contributed by atoms with Crippen molar-refractivity contribution in [2.24, 2.45) is 5.92 Å². The first-order valence-corrected chi connectivity index (χ1v) is 7.15. The SMILES string of the molecule is COc1cccc(CCC(=O)NCCCC(C)C(=O)O)c1. The van der Waals surface area contributed by atoms with Gasteiger partial charge in [0.2, 0.25) is 5.91 Å². The van der Waals surface area contributed by atoms with Crippen LogP contribution in [0.3, 0.4) is 0 Å². The van der Waals surface area contributed by atoms with Gasteiger partial charge in [0, 0.05) is 13.0 Å². The van der Waals surface area contributed by atoms with Gasteiger partial charge < -0.3 is 15.2 Å². The Morgan fingerprint density at radius 1 is 1.38 bits per heavy atom. The van der Waals surface area contributed by atoms with E-state index in [4.69, 9.17) is 9.84 Å². The maximum absolute atomic E-state index is 11.7. The number of aliphatic carboxylic acids is 1. The second kappa shape index (κ2) is 9.00. The third kappa shape index (κ3) is 6.79. The first-order valence-electron chi connectivity index (χ1n) is 7.15. The molecule has 5 nitrogen and oxygen atoms in total. The number of carboxylic acids is 1. The Kier molecular flexibility index (Phi) is 7.29. The number of carbonyl (C=O) groups is 2. The summed E-state index contributed by atoms with van der Waals surface area (Å²) in [4.78, 5) is 22.3. The second-order valence-electron chi connectivity index (χ2n) is 5.08. The lowest BCUT2D eigenvalue weighted by atomic mass is 10.1. The Hall–Kier alpha value is -2.04. The van der Waals surface area contributed by atoms with Gasteiger partial charge in [-0.15, -0.1) is 0 Å². The van der Waals surface area contributed by atoms with E-state index in [9.17, 15) is 9.59 Å². The number of hydrogen-bond donors (Lipinski definition) is 2. The van der Waals surface area contributed by atoms with Gasteiger partial charge in [0.05, 0.1) is 13.0 Å². The van der Waals surface area contributed by atoms with Crippen LogP contribution < -0.4 is 10.1 Å². The second-order valence-corrected chi connectivity index (χ2v) is 5.08. The van der Waals surface area contributed by atoms with Crippen LogP contribution in [0.2, 0.25) is 0 Å². The van der Waals surface area contributed by atoms with Crippen LogP contribution in [0.4, 0.5) is 0 Å². The third-order valence-electron chi connectivity index (χ3n) is 3.33. The van der Waals surface area contributed by atoms with Gasteiger partial charge in [0.1, 0.15) is 5.75 Å². The molecule has 0 spiro atoms. The molecule has 0 radical (unpaired) electrons. The lowest BCUT2D eigenvalue weighted by molar-refractivity contribution is -0.141. The number of amides is 1. The van der Waals surface area contributed by atoms with E-state index in [1.807, 2.05) is 24.3 Å². The van der Waals surface area contributed by atoms with Crippen LogP contribution in [-0.2, 0) is 16.0 Å². The molecule has 0 heterocycles. The summed E-state index contributed by atoms with van der Waals surface area (Å²) in [5.74, 6) is -0.380. The molecule has 116 valence electrons. The molecule has 0 saturated carbocycles. The smallest absolute Gasteiger partial charge is 0.306 e. The zero-order valence-electron chi connectivity index (χ0n) is 12.6. The highest BCUT2D eigenvalue weighted by molar-refractivity contribution is 5.76. The van der Waals surface area contributed by atoms with E-state index < -0.39 is 5.97 Å². The molecule has 0 aliphatic heterocycles. The van der Waals surface area contributed by atoms with Gasteiger partial charge in [-0.1, -0.05) is 19.1 Å². The van der Waals surface area contributed by atoms with E-state index in [1.165, 1.54) is 0 Å². The molecule has 0 aliphatic rings. The first kappa shape index (κ1) is 17.0. The van der Waals surface area contributed by atoms with Gasteiger partial charge in [-0.25, -0.2) is 0 Å². The molecule has 1 aromatic rings. The maximum Gasteiger partial charge on any atom is 0.306 e. The Balaban J connectivity index is 2.20. The normalized spacial score (nSPS) is 11.7. The molecule has 0 saturated heterocycles. The predicted molar refractivity (Wildman–Crippen MR) is 80.4 cm³/mol. The number of nitrogens with one attached hydrogen (secondary N) is 1. The fourth-order valence-electron chi connectivity index (χ4n) is 1.93. The van der Waals surface area contributed by atoms with Crippen LogP contribution in [0.1, 0.15) is 31.7 Å². The highest BCUT2D eigenvalue weighted by atomic mass is 16.5. The van der Waals surface area contributed by atoms with Gasteiger partial charge in [-0.05, 0) is 37.0 Å². The molecule has 21 heavy (non-hydrogen) atoms. The number of ether oxygens (including phenoxy) is 1. The summed E-state index contributed by atoms with van der Waals surface area (Å²) in [5, 5.41) is 11.6. The average Bonchev–Trinajstić information content (AvgIpc) is 2.49. The fourth-order valence-corrected chi connectivity index (χ4v) is 1.93. The van der Waals surface area contributed by atoms with Crippen molar-refractivity contribution in [3.05, 3.63) is 29.8 Å². The lowest BCUT2D eigenvalue weighted by Gasteiger charge is -2.08. The van der Waals surface area contributed by atoms with Gasteiger partial charge in [-0.2, -0.15) is 0 Å². The highest BCUT2D eigenvalue weighted by Crippen LogP contribution is 2.13. The Labute approximate surface area is 125 Å². The monoisotopic (exact) mass is 293 g/mol. The molecule has 0 aromatic heterocycles. The Morgan fingerprint density at radius 2 is 2.14 bits per heavy atom. The standard InChI is InChI=1S/C16H23NO4/c1-12(16(19)20)5-4-10-17-15(18)9-8-13-6-3-7-14(11-13)21-2/h3,6-7,11-12H,4-5,8-10H2,1-2H3,(H,17,18)(H,19,20). The topological polar surface area (TPSA) is 75.6 Å². The van der Waals surface area contributed by atoms with Crippen molar-refractivity contribution in [1.82, 2.24) is 5.32 Å². The average molecular weight is 293 g/mol. The fraction of sp³-hybridized carbons (Fsp3) is 0.500. The molecule has 1 atom stereocenters. The molecule has 0 bridgehead atoms. The quantitative estimate of drug-likeness (QED) is 0.685. The number of methoxy groups -OCH3 is 1. The summed E-state index contributed by atoms with van der Waals surface area (Å²) in [6.07, 6.45) is 2.33. The van der Waals surface area contributed by atoms with Gasteiger partial charge >= 0.3 is 5.97 Å². The van der Waals surface area contributed by atoms with Crippen molar-refractivity contribution < 1.29 is 19.4 Å². The molecule has 5 heteroatoms. The number of hydrogen-bond acceptors (Lipinski definition) is 3. The molecule has 1 aromatic carbocycles. The Morgan fingerprint density at radius 3 is 2.81 bits per heavy atom. The zero-order chi connectivity index (χ0) is 15.7. The molecular weight excluding hydrogens is 270 g/mol. The minimum atomic E-state index is -0.792. The molecular formula is C16H23NO4. The number of benzene rings is 1. The summed E-state index contributed by atoms with van der Waals surface area (Å²) >= 11 is 0. The molecule has 0 fully saturated rings. The van der Waals surface area contributed by atoms with Gasteiger partial charge in [-0.3, -0.25) is 9.59 Å². The van der Waals surface area contributed by atoms with Crippen LogP contribution in [0.25, 0.3) is 0 Å². The van der Waals surface area contributed by atoms with Crippen LogP contribution in [0.15, 0.2) is 24.3 Å². The maximum atomic E-state index is 11.7. The number of carbonyl (C=O) groups excluding carboxylic acids is 1. The number of carboxylic acid groups (broad SMARTS) is 1. The van der Waals surface area contributed by atoms with E-state index in [0.717, 1.165) is 11.3 Å². The predicted octanol–water partition coefficient (Wildman–Crippen LogP) is 2.24. The van der Waals surface area contributed by atoms with Crippen LogP contribution in [0, 0.1) is 5.92 Å². The zero-order valence-corrected chi connectivity index (χ0v) is 12.6. The summed E-state index contributed by atoms with van der Waals surface area (Å²) in [5.41, 5.74) is 1.06. The molecule has 1 unspecified atom stereocenters. The first-order chi connectivity index (χ1) is 10.0. The van der Waals surface area contributed by atoms with Crippen LogP contribution >= 0.6 is 0 Å². The van der Waals surface area contributed by atoms with Crippen molar-refractivity contribution in [3.63, 3.8) is 0 Å². The van der Waals surface area contributed by atoms with Crippen molar-refractivity contribution in [2.45, 2.75) is 32.6 Å². The van der Waals surface area contributed by atoms with Crippen molar-refractivity contribution in [1.29, 1.82) is 0 Å². The van der Waals surface area contributed by atoms with E-state index >= 15 is 0 Å². The summed E-state index contributed by atoms with van der Waals surface area (Å²) < 4.78 is 5.13. The highest BCUT2D eigenvalue weighted by Gasteiger charge is 2.10. The Bertz CT molecular complexity index is 473. The van der Waals surface area contributed by atoms with E-state index in [-0.39, 0.29) is 11.8 Å². The molecule has 2 N–H and O–H groups in total. The van der Waals surface area contributed by atoms with E-state index in [0.29, 0.717) is 32.2 Å². The van der Waals surface area contributed by atoms with Gasteiger partial charge in [0.15, 0.2) is 0 Å². The molecule has 1 rings (SSSR count). The minimum absolute atomic E-state index is 0.0132. The minimum Gasteiger partial charge on any atom is -0.497 e. The summed E-state index contributed by atoms with van der Waals surface area (Å²) in [6, 6.07) is 7.65. The summed E-state index contributed by atoms with van der Waals surface area (Å²) in [7, 11) is 1.62. The molecule has 0 aliphatic carbocycles. The van der Waals surface area contributed by atoms with Crippen LogP contribution in [-0.4, -0.2) is 30.6 Å². The summed E-state index contributed by atoms with van der Waals surface area (Å²) in [6.45, 7) is 2.20. The third-order valence-corrected chi connectivity index (χ3v) is 3.33. The van der Waals surface area contributed by atoms with Gasteiger partial charge in [0.25, 0.3) is 0 Å².